The predicted molar refractivity (Wildman–Crippen MR) is 58.7 cm³/mol. The van der Waals surface area contributed by atoms with Crippen molar-refractivity contribution in [3.05, 3.63) is 29.3 Å². The molecule has 0 aliphatic carbocycles. The van der Waals surface area contributed by atoms with E-state index in [0.717, 1.165) is 12.1 Å². The van der Waals surface area contributed by atoms with Crippen molar-refractivity contribution < 1.29 is 17.9 Å². The second kappa shape index (κ2) is 5.17. The minimum absolute atomic E-state index is 0.115. The lowest BCUT2D eigenvalue weighted by Crippen LogP contribution is -2.05. The maximum Gasteiger partial charge on any atom is 0.416 e. The summed E-state index contributed by atoms with van der Waals surface area (Å²) >= 11 is 3.89. The van der Waals surface area contributed by atoms with E-state index in [1.165, 1.54) is 13.2 Å². The van der Waals surface area contributed by atoms with Crippen LogP contribution in [0.25, 0.3) is 0 Å². The second-order valence-corrected chi connectivity index (χ2v) is 3.19. The molecule has 1 aromatic carbocycles. The minimum Gasteiger partial charge on any atom is -0.495 e. The molecule has 0 radical (unpaired) electrons. The van der Waals surface area contributed by atoms with Crippen molar-refractivity contribution >= 4 is 12.6 Å². The zero-order chi connectivity index (χ0) is 12.2. The normalized spacial score (nSPS) is 10.6. The van der Waals surface area contributed by atoms with Gasteiger partial charge in [0.25, 0.3) is 0 Å². The molecule has 0 heterocycles. The average Bonchev–Trinajstić information content (AvgIpc) is 2.24. The van der Waals surface area contributed by atoms with E-state index < -0.39 is 11.7 Å². The molecule has 0 bridgehead atoms. The average molecular weight is 246 g/mol. The first-order chi connectivity index (χ1) is 7.49. The fraction of sp³-hybridized carbons (Fsp3) is 0.273. The quantitative estimate of drug-likeness (QED) is 0.592. The van der Waals surface area contributed by atoms with Gasteiger partial charge >= 0.3 is 6.18 Å². The van der Waals surface area contributed by atoms with Gasteiger partial charge in [0.1, 0.15) is 5.75 Å². The second-order valence-electron chi connectivity index (χ2n) is 2.87. The summed E-state index contributed by atoms with van der Waals surface area (Å²) in [5, 5.41) is 0. The number of ether oxygens (including phenoxy) is 1. The van der Waals surface area contributed by atoms with Crippen LogP contribution in [0.5, 0.6) is 5.75 Å². The molecule has 0 fully saturated rings. The van der Waals surface area contributed by atoms with Gasteiger partial charge in [0.05, 0.1) is 24.0 Å². The fourth-order valence-corrected chi connectivity index (χ4v) is 1.18. The highest BCUT2D eigenvalue weighted by molar-refractivity contribution is 7.80. The van der Waals surface area contributed by atoms with Gasteiger partial charge in [-0.1, -0.05) is 11.8 Å². The number of alkyl halides is 3. The van der Waals surface area contributed by atoms with Gasteiger partial charge in [0, 0.05) is 0 Å². The van der Waals surface area contributed by atoms with Gasteiger partial charge < -0.3 is 4.74 Å². The lowest BCUT2D eigenvalue weighted by molar-refractivity contribution is -0.137. The smallest absolute Gasteiger partial charge is 0.416 e. The molecule has 5 heteroatoms. The molecule has 16 heavy (non-hydrogen) atoms. The SMILES string of the molecule is COc1cc(C(F)(F)F)ccc1C#CCS. The maximum absolute atomic E-state index is 12.4. The molecular weight excluding hydrogens is 237 g/mol. The summed E-state index contributed by atoms with van der Waals surface area (Å²) in [6.07, 6.45) is -4.37. The van der Waals surface area contributed by atoms with E-state index in [1.807, 2.05) is 0 Å². The third-order valence-corrected chi connectivity index (χ3v) is 1.99. The van der Waals surface area contributed by atoms with E-state index in [0.29, 0.717) is 11.3 Å². The Balaban J connectivity index is 3.17. The van der Waals surface area contributed by atoms with Crippen LogP contribution in [0.1, 0.15) is 11.1 Å². The lowest BCUT2D eigenvalue weighted by Gasteiger charge is -2.09. The van der Waals surface area contributed by atoms with Crippen molar-refractivity contribution in [1.82, 2.24) is 0 Å². The Morgan fingerprint density at radius 3 is 2.56 bits per heavy atom. The van der Waals surface area contributed by atoms with Crippen LogP contribution >= 0.6 is 12.6 Å². The highest BCUT2D eigenvalue weighted by atomic mass is 32.1. The molecule has 0 N–H and O–H groups in total. The fourth-order valence-electron chi connectivity index (χ4n) is 1.11. The van der Waals surface area contributed by atoms with E-state index >= 15 is 0 Å². The van der Waals surface area contributed by atoms with Crippen molar-refractivity contribution in [2.75, 3.05) is 12.9 Å². The van der Waals surface area contributed by atoms with E-state index in [-0.39, 0.29) is 5.75 Å². The molecule has 0 spiro atoms. The molecule has 0 unspecified atom stereocenters. The zero-order valence-electron chi connectivity index (χ0n) is 8.43. The monoisotopic (exact) mass is 246 g/mol. The predicted octanol–water partition coefficient (Wildman–Crippen LogP) is 3.00. The number of halogens is 3. The molecule has 0 aliphatic rings. The van der Waals surface area contributed by atoms with Crippen molar-refractivity contribution in [1.29, 1.82) is 0 Å². The van der Waals surface area contributed by atoms with Gasteiger partial charge in [0.2, 0.25) is 0 Å². The third-order valence-electron chi connectivity index (χ3n) is 1.83. The van der Waals surface area contributed by atoms with E-state index in [2.05, 4.69) is 24.5 Å². The molecule has 86 valence electrons. The topological polar surface area (TPSA) is 9.23 Å². The lowest BCUT2D eigenvalue weighted by atomic mass is 10.1. The molecule has 0 aliphatic heterocycles. The third kappa shape index (κ3) is 3.11. The van der Waals surface area contributed by atoms with Gasteiger partial charge in [-0.25, -0.2) is 0 Å². The summed E-state index contributed by atoms with van der Waals surface area (Å²) in [5.41, 5.74) is -0.328. The Hall–Kier alpha value is -1.28. The van der Waals surface area contributed by atoms with Crippen LogP contribution in [0.2, 0.25) is 0 Å². The van der Waals surface area contributed by atoms with Crippen LogP contribution in [0.3, 0.4) is 0 Å². The summed E-state index contributed by atoms with van der Waals surface area (Å²) in [7, 11) is 1.31. The molecule has 1 aromatic rings. The van der Waals surface area contributed by atoms with Crippen molar-refractivity contribution in [3.63, 3.8) is 0 Å². The van der Waals surface area contributed by atoms with Crippen molar-refractivity contribution in [2.24, 2.45) is 0 Å². The molecule has 0 aromatic heterocycles. The highest BCUT2D eigenvalue weighted by Crippen LogP contribution is 2.32. The van der Waals surface area contributed by atoms with Crippen LogP contribution < -0.4 is 4.74 Å². The number of methoxy groups -OCH3 is 1. The number of rotatable bonds is 1. The standard InChI is InChI=1S/C11H9F3OS/c1-15-10-7-9(11(12,13)14)5-4-8(10)3-2-6-16/h4-5,7,16H,6H2,1H3. The van der Waals surface area contributed by atoms with Gasteiger partial charge in [0.15, 0.2) is 0 Å². The number of thiol groups is 1. The Kier molecular flexibility index (Phi) is 4.13. The van der Waals surface area contributed by atoms with Crippen molar-refractivity contribution in [3.8, 4) is 17.6 Å². The van der Waals surface area contributed by atoms with Crippen molar-refractivity contribution in [2.45, 2.75) is 6.18 Å². The summed E-state index contributed by atoms with van der Waals surface area (Å²) in [5.74, 6) is 5.78. The Bertz CT molecular complexity index is 429. The van der Waals surface area contributed by atoms with Gasteiger partial charge in [-0.2, -0.15) is 25.8 Å². The van der Waals surface area contributed by atoms with E-state index in [9.17, 15) is 13.2 Å². The minimum atomic E-state index is -4.37. The first-order valence-electron chi connectivity index (χ1n) is 4.34. The van der Waals surface area contributed by atoms with E-state index in [1.54, 1.807) is 0 Å². The summed E-state index contributed by atoms with van der Waals surface area (Å²) in [6.45, 7) is 0. The molecule has 1 rings (SSSR count). The number of hydrogen-bond acceptors (Lipinski definition) is 2. The largest absolute Gasteiger partial charge is 0.495 e. The first kappa shape index (κ1) is 12.8. The molecule has 0 atom stereocenters. The summed E-state index contributed by atoms with van der Waals surface area (Å²) in [4.78, 5) is 0. The van der Waals surface area contributed by atoms with E-state index in [4.69, 9.17) is 4.74 Å². The Labute approximate surface area is 97.0 Å². The van der Waals surface area contributed by atoms with Gasteiger partial charge in [-0.3, -0.25) is 0 Å². The maximum atomic E-state index is 12.4. The van der Waals surface area contributed by atoms with Gasteiger partial charge in [-0.05, 0) is 18.2 Å². The molecule has 1 nitrogen and oxygen atoms in total. The molecule has 0 saturated heterocycles. The van der Waals surface area contributed by atoms with Crippen LogP contribution in [0, 0.1) is 11.8 Å². The molecule has 0 amide bonds. The van der Waals surface area contributed by atoms with Gasteiger partial charge in [-0.15, -0.1) is 0 Å². The summed E-state index contributed by atoms with van der Waals surface area (Å²) < 4.78 is 42.0. The van der Waals surface area contributed by atoms with Crippen LogP contribution in [0.4, 0.5) is 13.2 Å². The summed E-state index contributed by atoms with van der Waals surface area (Å²) in [6, 6.07) is 3.20. The molecule has 0 saturated carbocycles. The number of benzene rings is 1. The zero-order valence-corrected chi connectivity index (χ0v) is 9.32. The van der Waals surface area contributed by atoms with Crippen LogP contribution in [-0.2, 0) is 6.18 Å². The number of hydrogen-bond donors (Lipinski definition) is 1. The first-order valence-corrected chi connectivity index (χ1v) is 4.97. The van der Waals surface area contributed by atoms with Crippen LogP contribution in [0.15, 0.2) is 18.2 Å². The van der Waals surface area contributed by atoms with Crippen LogP contribution in [-0.4, -0.2) is 12.9 Å². The Morgan fingerprint density at radius 2 is 2.06 bits per heavy atom. The Morgan fingerprint density at radius 1 is 1.38 bits per heavy atom. The molecular formula is C11H9F3OS. The highest BCUT2D eigenvalue weighted by Gasteiger charge is 2.31.